The number of hydrogen-bond donors (Lipinski definition) is 2. The Morgan fingerprint density at radius 2 is 1.59 bits per heavy atom. The SMILES string of the molecule is Br.Br.CC(c1ccccc1)C1NCCNCc2ccccc21. The Bertz CT molecular complexity index is 560. The largest absolute Gasteiger partial charge is 0.311 e. The molecule has 1 heterocycles. The fourth-order valence-corrected chi connectivity index (χ4v) is 3.04. The zero-order valence-corrected chi connectivity index (χ0v) is 16.2. The zero-order chi connectivity index (χ0) is 13.8. The highest BCUT2D eigenvalue weighted by Crippen LogP contribution is 2.32. The molecule has 22 heavy (non-hydrogen) atoms. The quantitative estimate of drug-likeness (QED) is 0.742. The Morgan fingerprint density at radius 3 is 2.36 bits per heavy atom. The van der Waals surface area contributed by atoms with Gasteiger partial charge in [-0.3, -0.25) is 0 Å². The molecule has 3 rings (SSSR count). The molecule has 4 heteroatoms. The second-order valence-electron chi connectivity index (χ2n) is 5.51. The molecule has 0 fully saturated rings. The summed E-state index contributed by atoms with van der Waals surface area (Å²) in [6.07, 6.45) is 0. The first-order valence-corrected chi connectivity index (χ1v) is 7.43. The fourth-order valence-electron chi connectivity index (χ4n) is 3.04. The number of hydrogen-bond acceptors (Lipinski definition) is 2. The first kappa shape index (κ1) is 19.4. The molecule has 1 aliphatic heterocycles. The molecule has 0 saturated carbocycles. The summed E-state index contributed by atoms with van der Waals surface area (Å²) in [5, 5.41) is 7.19. The van der Waals surface area contributed by atoms with Crippen LogP contribution in [0.4, 0.5) is 0 Å². The van der Waals surface area contributed by atoms with E-state index < -0.39 is 0 Å². The van der Waals surface area contributed by atoms with Crippen LogP contribution in [0.3, 0.4) is 0 Å². The number of halogens is 2. The Kier molecular flexibility index (Phi) is 8.33. The predicted octanol–water partition coefficient (Wildman–Crippen LogP) is 4.38. The maximum atomic E-state index is 3.71. The topological polar surface area (TPSA) is 24.1 Å². The van der Waals surface area contributed by atoms with Crippen molar-refractivity contribution in [3.8, 4) is 0 Å². The monoisotopic (exact) mass is 426 g/mol. The maximum Gasteiger partial charge on any atom is 0.0390 e. The lowest BCUT2D eigenvalue weighted by molar-refractivity contribution is 0.442. The highest BCUT2D eigenvalue weighted by molar-refractivity contribution is 8.93. The van der Waals surface area contributed by atoms with Crippen molar-refractivity contribution >= 4 is 34.0 Å². The van der Waals surface area contributed by atoms with Crippen molar-refractivity contribution in [1.82, 2.24) is 10.6 Å². The summed E-state index contributed by atoms with van der Waals surface area (Å²) in [7, 11) is 0. The van der Waals surface area contributed by atoms with E-state index in [1.54, 1.807) is 0 Å². The maximum absolute atomic E-state index is 3.71. The van der Waals surface area contributed by atoms with Gasteiger partial charge in [0.05, 0.1) is 0 Å². The Hall–Kier alpha value is -0.680. The first-order valence-electron chi connectivity index (χ1n) is 7.43. The minimum absolute atomic E-state index is 0. The second kappa shape index (κ2) is 9.46. The molecular weight excluding hydrogens is 404 g/mol. The van der Waals surface area contributed by atoms with E-state index in [9.17, 15) is 0 Å². The van der Waals surface area contributed by atoms with Crippen LogP contribution < -0.4 is 10.6 Å². The van der Waals surface area contributed by atoms with E-state index in [0.717, 1.165) is 19.6 Å². The minimum Gasteiger partial charge on any atom is -0.311 e. The van der Waals surface area contributed by atoms with Crippen LogP contribution in [0.25, 0.3) is 0 Å². The van der Waals surface area contributed by atoms with Crippen molar-refractivity contribution in [3.63, 3.8) is 0 Å². The Morgan fingerprint density at radius 1 is 0.909 bits per heavy atom. The van der Waals surface area contributed by atoms with E-state index >= 15 is 0 Å². The molecule has 2 atom stereocenters. The molecule has 1 aliphatic rings. The first-order chi connectivity index (χ1) is 9.86. The number of benzene rings is 2. The van der Waals surface area contributed by atoms with Gasteiger partial charge >= 0.3 is 0 Å². The van der Waals surface area contributed by atoms with Gasteiger partial charge in [0, 0.05) is 31.6 Å². The Labute approximate surface area is 154 Å². The molecule has 0 amide bonds. The molecule has 0 aromatic heterocycles. The van der Waals surface area contributed by atoms with E-state index in [-0.39, 0.29) is 34.0 Å². The smallest absolute Gasteiger partial charge is 0.0390 e. The van der Waals surface area contributed by atoms with Gasteiger partial charge in [0.15, 0.2) is 0 Å². The van der Waals surface area contributed by atoms with Crippen LogP contribution in [-0.2, 0) is 6.54 Å². The van der Waals surface area contributed by atoms with E-state index in [0.29, 0.717) is 12.0 Å². The van der Waals surface area contributed by atoms with Gasteiger partial charge in [0.25, 0.3) is 0 Å². The van der Waals surface area contributed by atoms with Gasteiger partial charge in [0.1, 0.15) is 0 Å². The average molecular weight is 428 g/mol. The van der Waals surface area contributed by atoms with Gasteiger partial charge in [-0.1, -0.05) is 61.5 Å². The molecule has 2 nitrogen and oxygen atoms in total. The van der Waals surface area contributed by atoms with E-state index in [1.165, 1.54) is 16.7 Å². The molecule has 2 N–H and O–H groups in total. The molecule has 0 aliphatic carbocycles. The molecular formula is C18H24Br2N2. The second-order valence-corrected chi connectivity index (χ2v) is 5.51. The van der Waals surface area contributed by atoms with Crippen molar-refractivity contribution in [2.75, 3.05) is 13.1 Å². The summed E-state index contributed by atoms with van der Waals surface area (Å²) >= 11 is 0. The summed E-state index contributed by atoms with van der Waals surface area (Å²) in [4.78, 5) is 0. The van der Waals surface area contributed by atoms with Gasteiger partial charge in [0.2, 0.25) is 0 Å². The summed E-state index contributed by atoms with van der Waals surface area (Å²) < 4.78 is 0. The summed E-state index contributed by atoms with van der Waals surface area (Å²) in [5.74, 6) is 0.468. The molecule has 2 aromatic carbocycles. The van der Waals surface area contributed by atoms with Crippen molar-refractivity contribution in [2.24, 2.45) is 0 Å². The predicted molar refractivity (Wildman–Crippen MR) is 104 cm³/mol. The molecule has 0 bridgehead atoms. The Balaban J connectivity index is 0.00000121. The summed E-state index contributed by atoms with van der Waals surface area (Å²) in [5.41, 5.74) is 4.23. The average Bonchev–Trinajstić information content (AvgIpc) is 2.49. The van der Waals surface area contributed by atoms with Crippen LogP contribution in [0, 0.1) is 0 Å². The number of fused-ring (bicyclic) bond motifs is 1. The van der Waals surface area contributed by atoms with Crippen LogP contribution >= 0.6 is 34.0 Å². The summed E-state index contributed by atoms with van der Waals surface area (Å²) in [6.45, 7) is 5.32. The van der Waals surface area contributed by atoms with E-state index in [4.69, 9.17) is 0 Å². The van der Waals surface area contributed by atoms with E-state index in [2.05, 4.69) is 72.2 Å². The molecule has 2 unspecified atom stereocenters. The summed E-state index contributed by atoms with van der Waals surface area (Å²) in [6, 6.07) is 20.0. The number of rotatable bonds is 2. The third-order valence-electron chi connectivity index (χ3n) is 4.20. The van der Waals surface area contributed by atoms with Crippen molar-refractivity contribution in [1.29, 1.82) is 0 Å². The van der Waals surface area contributed by atoms with Crippen molar-refractivity contribution < 1.29 is 0 Å². The third kappa shape index (κ3) is 4.42. The standard InChI is InChI=1S/C18H22N2.2BrH/c1-14(15-7-3-2-4-8-15)18-17-10-6-5-9-16(17)13-19-11-12-20-18;;/h2-10,14,18-20H,11-13H2,1H3;2*1H. The molecule has 120 valence electrons. The fraction of sp³-hybridized carbons (Fsp3) is 0.333. The van der Waals surface area contributed by atoms with Gasteiger partial charge in [-0.2, -0.15) is 0 Å². The third-order valence-corrected chi connectivity index (χ3v) is 4.20. The van der Waals surface area contributed by atoms with Crippen LogP contribution in [0.5, 0.6) is 0 Å². The molecule has 0 radical (unpaired) electrons. The van der Waals surface area contributed by atoms with E-state index in [1.807, 2.05) is 0 Å². The van der Waals surface area contributed by atoms with Crippen molar-refractivity contribution in [3.05, 3.63) is 71.3 Å². The van der Waals surface area contributed by atoms with Gasteiger partial charge in [-0.25, -0.2) is 0 Å². The van der Waals surface area contributed by atoms with Gasteiger partial charge < -0.3 is 10.6 Å². The lowest BCUT2D eigenvalue weighted by atomic mass is 9.86. The normalized spacial score (nSPS) is 18.7. The highest BCUT2D eigenvalue weighted by atomic mass is 79.9. The van der Waals surface area contributed by atoms with Crippen LogP contribution in [0.2, 0.25) is 0 Å². The lowest BCUT2D eigenvalue weighted by Gasteiger charge is -2.30. The highest BCUT2D eigenvalue weighted by Gasteiger charge is 2.23. The molecule has 2 aromatic rings. The van der Waals surface area contributed by atoms with Gasteiger partial charge in [-0.15, -0.1) is 34.0 Å². The minimum atomic E-state index is 0. The van der Waals surface area contributed by atoms with Crippen LogP contribution in [0.15, 0.2) is 54.6 Å². The zero-order valence-electron chi connectivity index (χ0n) is 12.8. The molecule has 0 spiro atoms. The molecule has 0 saturated heterocycles. The van der Waals surface area contributed by atoms with Crippen LogP contribution in [-0.4, -0.2) is 13.1 Å². The van der Waals surface area contributed by atoms with Crippen LogP contribution in [0.1, 0.15) is 35.6 Å². The van der Waals surface area contributed by atoms with Crippen molar-refractivity contribution in [2.45, 2.75) is 25.4 Å². The van der Waals surface area contributed by atoms with Gasteiger partial charge in [-0.05, 0) is 16.7 Å². The number of nitrogens with one attached hydrogen (secondary N) is 2. The lowest BCUT2D eigenvalue weighted by Crippen LogP contribution is -2.36.